The van der Waals surface area contributed by atoms with Gasteiger partial charge < -0.3 is 11.1 Å². The summed E-state index contributed by atoms with van der Waals surface area (Å²) >= 11 is 1.45. The molecule has 0 unspecified atom stereocenters. The maximum absolute atomic E-state index is 12.4. The van der Waals surface area contributed by atoms with Crippen molar-refractivity contribution in [3.8, 4) is 0 Å². The van der Waals surface area contributed by atoms with E-state index in [0.717, 1.165) is 29.7 Å². The maximum Gasteiger partial charge on any atom is 0.276 e. The minimum atomic E-state index is -0.499. The van der Waals surface area contributed by atoms with Crippen molar-refractivity contribution in [1.29, 1.82) is 0 Å². The van der Waals surface area contributed by atoms with Crippen LogP contribution in [0.5, 0.6) is 0 Å². The average Bonchev–Trinajstić information content (AvgIpc) is 2.91. The minimum absolute atomic E-state index is 0.205. The molecule has 3 rings (SSSR count). The molecule has 2 aromatic heterocycles. The molecule has 25 heavy (non-hydrogen) atoms. The fourth-order valence-corrected chi connectivity index (χ4v) is 4.59. The molecule has 0 saturated carbocycles. The van der Waals surface area contributed by atoms with Crippen LogP contribution in [0.1, 0.15) is 58.5 Å². The molecule has 0 radical (unpaired) electrons. The van der Waals surface area contributed by atoms with Crippen molar-refractivity contribution in [2.75, 3.05) is 5.32 Å². The summed E-state index contributed by atoms with van der Waals surface area (Å²) in [5.74, 6) is -0.342. The second-order valence-corrected chi connectivity index (χ2v) is 8.53. The van der Waals surface area contributed by atoms with Gasteiger partial charge in [0.25, 0.3) is 11.8 Å². The number of rotatable bonds is 3. The Morgan fingerprint density at radius 3 is 2.68 bits per heavy atom. The summed E-state index contributed by atoms with van der Waals surface area (Å²) in [6, 6.07) is 0. The van der Waals surface area contributed by atoms with Crippen molar-refractivity contribution < 1.29 is 9.59 Å². The van der Waals surface area contributed by atoms with Crippen LogP contribution in [0.3, 0.4) is 0 Å². The predicted molar refractivity (Wildman–Crippen MR) is 97.8 cm³/mol. The van der Waals surface area contributed by atoms with Crippen molar-refractivity contribution >= 4 is 28.2 Å². The number of carbonyl (C=O) groups excluding carboxylic acids is 2. The molecule has 2 amide bonds. The number of nitrogens with zero attached hydrogens (tertiary/aromatic N) is 2. The van der Waals surface area contributed by atoms with Crippen LogP contribution in [0, 0.1) is 11.3 Å². The van der Waals surface area contributed by atoms with Crippen molar-refractivity contribution in [2.24, 2.45) is 17.1 Å². The first-order valence-corrected chi connectivity index (χ1v) is 9.10. The highest BCUT2D eigenvalue weighted by Crippen LogP contribution is 2.44. The highest BCUT2D eigenvalue weighted by molar-refractivity contribution is 7.17. The zero-order valence-corrected chi connectivity index (χ0v) is 15.4. The van der Waals surface area contributed by atoms with E-state index < -0.39 is 5.91 Å². The largest absolute Gasteiger partial charge is 0.365 e. The van der Waals surface area contributed by atoms with E-state index in [-0.39, 0.29) is 17.0 Å². The topological polar surface area (TPSA) is 98.0 Å². The quantitative estimate of drug-likeness (QED) is 0.881. The first kappa shape index (κ1) is 17.5. The van der Waals surface area contributed by atoms with Crippen LogP contribution >= 0.6 is 11.3 Å². The number of anilines is 1. The van der Waals surface area contributed by atoms with Crippen LogP contribution in [-0.4, -0.2) is 21.8 Å². The van der Waals surface area contributed by atoms with Crippen LogP contribution in [0.2, 0.25) is 0 Å². The van der Waals surface area contributed by atoms with Gasteiger partial charge in [0.15, 0.2) is 0 Å². The van der Waals surface area contributed by atoms with Crippen LogP contribution in [0.15, 0.2) is 18.6 Å². The van der Waals surface area contributed by atoms with Crippen molar-refractivity contribution in [2.45, 2.75) is 40.0 Å². The van der Waals surface area contributed by atoms with Crippen LogP contribution in [0.4, 0.5) is 5.00 Å². The number of nitrogens with two attached hydrogens (primary N) is 1. The number of amides is 2. The van der Waals surface area contributed by atoms with E-state index in [0.29, 0.717) is 16.5 Å². The molecule has 0 fully saturated rings. The summed E-state index contributed by atoms with van der Waals surface area (Å²) < 4.78 is 0. The Labute approximate surface area is 150 Å². The highest BCUT2D eigenvalue weighted by atomic mass is 32.1. The van der Waals surface area contributed by atoms with Gasteiger partial charge in [-0.1, -0.05) is 20.8 Å². The van der Waals surface area contributed by atoms with Gasteiger partial charge in [0.2, 0.25) is 0 Å². The molecule has 2 aromatic rings. The molecule has 6 nitrogen and oxygen atoms in total. The van der Waals surface area contributed by atoms with Crippen LogP contribution in [-0.2, 0) is 12.8 Å². The molecule has 132 valence electrons. The second-order valence-electron chi connectivity index (χ2n) is 7.42. The molecule has 0 saturated heterocycles. The summed E-state index contributed by atoms with van der Waals surface area (Å²) in [5.41, 5.74) is 7.46. The van der Waals surface area contributed by atoms with Crippen molar-refractivity contribution in [3.05, 3.63) is 40.3 Å². The Hall–Kier alpha value is -2.28. The predicted octanol–water partition coefficient (Wildman–Crippen LogP) is 3.04. The summed E-state index contributed by atoms with van der Waals surface area (Å²) in [6.07, 6.45) is 7.09. The van der Waals surface area contributed by atoms with Crippen molar-refractivity contribution in [3.63, 3.8) is 0 Å². The van der Waals surface area contributed by atoms with Gasteiger partial charge in [-0.15, -0.1) is 11.3 Å². The summed E-state index contributed by atoms with van der Waals surface area (Å²) in [7, 11) is 0. The van der Waals surface area contributed by atoms with E-state index in [9.17, 15) is 9.59 Å². The fourth-order valence-electron chi connectivity index (χ4n) is 3.26. The van der Waals surface area contributed by atoms with E-state index in [4.69, 9.17) is 5.73 Å². The molecule has 2 heterocycles. The molecule has 0 aromatic carbocycles. The molecule has 1 aliphatic rings. The standard InChI is InChI=1S/C18H22N4O2S/c1-18(2,3)10-4-5-11-13(8-10)25-17(14(11)15(19)23)22-16(24)12-9-20-6-7-21-12/h6-7,9-10H,4-5,8H2,1-3H3,(H2,19,23)(H,22,24)/t10-/m0/s1. The smallest absolute Gasteiger partial charge is 0.276 e. The van der Waals surface area contributed by atoms with Gasteiger partial charge in [-0.2, -0.15) is 0 Å². The first-order chi connectivity index (χ1) is 11.8. The Morgan fingerprint density at radius 2 is 2.08 bits per heavy atom. The second kappa shape index (κ2) is 6.55. The van der Waals surface area contributed by atoms with Gasteiger partial charge in [0, 0.05) is 17.3 Å². The molecule has 0 spiro atoms. The monoisotopic (exact) mass is 358 g/mol. The van der Waals surface area contributed by atoms with Gasteiger partial charge in [-0.25, -0.2) is 4.98 Å². The molecular weight excluding hydrogens is 336 g/mol. The lowest BCUT2D eigenvalue weighted by atomic mass is 9.72. The summed E-state index contributed by atoms with van der Waals surface area (Å²) in [5, 5.41) is 3.31. The van der Waals surface area contributed by atoms with Gasteiger partial charge in [-0.05, 0) is 36.2 Å². The fraction of sp³-hybridized carbons (Fsp3) is 0.444. The van der Waals surface area contributed by atoms with Gasteiger partial charge in [-0.3, -0.25) is 14.6 Å². The number of thiophene rings is 1. The van der Waals surface area contributed by atoms with E-state index in [1.807, 2.05) is 0 Å². The lowest BCUT2D eigenvalue weighted by Gasteiger charge is -2.33. The number of primary amides is 1. The molecule has 1 aliphatic carbocycles. The van der Waals surface area contributed by atoms with Gasteiger partial charge in [0.05, 0.1) is 11.8 Å². The van der Waals surface area contributed by atoms with Crippen LogP contribution in [0.25, 0.3) is 0 Å². The number of hydrogen-bond acceptors (Lipinski definition) is 5. The number of aromatic nitrogens is 2. The van der Waals surface area contributed by atoms with Gasteiger partial charge >= 0.3 is 0 Å². The molecule has 0 aliphatic heterocycles. The summed E-state index contributed by atoms with van der Waals surface area (Å²) in [6.45, 7) is 6.71. The first-order valence-electron chi connectivity index (χ1n) is 8.29. The van der Waals surface area contributed by atoms with E-state index in [1.54, 1.807) is 0 Å². The van der Waals surface area contributed by atoms with Crippen molar-refractivity contribution in [1.82, 2.24) is 9.97 Å². The lowest BCUT2D eigenvalue weighted by molar-refractivity contribution is 0.1000. The normalized spacial score (nSPS) is 17.0. The Balaban J connectivity index is 1.92. The third-order valence-corrected chi connectivity index (χ3v) is 5.93. The Kier molecular flexibility index (Phi) is 4.60. The SMILES string of the molecule is CC(C)(C)[C@H]1CCc2c(sc(NC(=O)c3cnccn3)c2C(N)=O)C1. The van der Waals surface area contributed by atoms with E-state index >= 15 is 0 Å². The summed E-state index contributed by atoms with van der Waals surface area (Å²) in [4.78, 5) is 33.4. The Morgan fingerprint density at radius 1 is 1.32 bits per heavy atom. The molecule has 1 atom stereocenters. The maximum atomic E-state index is 12.4. The zero-order valence-electron chi connectivity index (χ0n) is 14.6. The number of nitrogens with one attached hydrogen (secondary N) is 1. The molecule has 7 heteroatoms. The molecular formula is C18H22N4O2S. The number of carbonyl (C=O) groups is 2. The van der Waals surface area contributed by atoms with Crippen LogP contribution < -0.4 is 11.1 Å². The molecule has 3 N–H and O–H groups in total. The highest BCUT2D eigenvalue weighted by Gasteiger charge is 2.33. The lowest BCUT2D eigenvalue weighted by Crippen LogP contribution is -2.27. The van der Waals surface area contributed by atoms with E-state index in [1.165, 1.54) is 29.9 Å². The molecule has 0 bridgehead atoms. The van der Waals surface area contributed by atoms with E-state index in [2.05, 4.69) is 36.1 Å². The zero-order chi connectivity index (χ0) is 18.2. The third kappa shape index (κ3) is 3.56. The third-order valence-electron chi connectivity index (χ3n) is 4.76. The number of hydrogen-bond donors (Lipinski definition) is 2. The number of fused-ring (bicyclic) bond motifs is 1. The van der Waals surface area contributed by atoms with Gasteiger partial charge in [0.1, 0.15) is 10.7 Å². The average molecular weight is 358 g/mol. The minimum Gasteiger partial charge on any atom is -0.365 e. The Bertz CT molecular complexity index is 808.